The van der Waals surface area contributed by atoms with Crippen LogP contribution in [0, 0.1) is 27.7 Å². The molecule has 0 atom stereocenters. The third kappa shape index (κ3) is 11.4. The molecule has 0 radical (unpaired) electrons. The van der Waals surface area contributed by atoms with Crippen LogP contribution in [0.15, 0.2) is 237 Å². The second kappa shape index (κ2) is 22.0. The molecule has 0 unspecified atom stereocenters. The number of hydrogen-bond donors (Lipinski definition) is 1. The summed E-state index contributed by atoms with van der Waals surface area (Å²) in [6.07, 6.45) is 20.3. The van der Waals surface area contributed by atoms with Crippen LogP contribution in [0.2, 0.25) is 0 Å². The third-order valence-corrected chi connectivity index (χ3v) is 11.3. The summed E-state index contributed by atoms with van der Waals surface area (Å²) in [7, 11) is 0. The van der Waals surface area contributed by atoms with Crippen LogP contribution < -0.4 is 15.1 Å². The molecule has 0 aliphatic rings. The van der Waals surface area contributed by atoms with E-state index in [1.165, 1.54) is 33.4 Å². The average molecular weight is 846 g/mol. The maximum Gasteiger partial charge on any atom is 0.0488 e. The van der Waals surface area contributed by atoms with E-state index in [2.05, 4.69) is 257 Å². The number of benzene rings is 7. The molecule has 0 spiro atoms. The smallest absolute Gasteiger partial charge is 0.0488 e. The van der Waals surface area contributed by atoms with Crippen molar-refractivity contribution in [2.75, 3.05) is 16.3 Å². The lowest BCUT2D eigenvalue weighted by Gasteiger charge is -2.31. The van der Waals surface area contributed by atoms with Gasteiger partial charge < -0.3 is 15.1 Å². The Kier molecular flexibility index (Phi) is 15.3. The minimum atomic E-state index is 0.649. The van der Waals surface area contributed by atoms with Crippen LogP contribution >= 0.6 is 0 Å². The van der Waals surface area contributed by atoms with Gasteiger partial charge in [-0.05, 0) is 147 Å². The summed E-state index contributed by atoms with van der Waals surface area (Å²) < 4.78 is 0. The summed E-state index contributed by atoms with van der Waals surface area (Å²) in [4.78, 5) is 4.68. The largest absolute Gasteiger partial charge is 0.381 e. The van der Waals surface area contributed by atoms with Gasteiger partial charge in [0.2, 0.25) is 0 Å². The molecule has 0 aromatic heterocycles. The first-order valence-electron chi connectivity index (χ1n) is 22.3. The van der Waals surface area contributed by atoms with Crippen molar-refractivity contribution in [3.05, 3.63) is 271 Å². The highest BCUT2D eigenvalue weighted by atomic mass is 15.2. The van der Waals surface area contributed by atoms with Crippen LogP contribution in [-0.4, -0.2) is 6.54 Å². The Morgan fingerprint density at radius 2 is 1.15 bits per heavy atom. The topological polar surface area (TPSA) is 18.5 Å². The second-order valence-electron chi connectivity index (χ2n) is 16.2. The number of anilines is 5. The van der Waals surface area contributed by atoms with Crippen LogP contribution in [0.5, 0.6) is 0 Å². The number of hydrogen-bond acceptors (Lipinski definition) is 3. The molecule has 0 amide bonds. The van der Waals surface area contributed by atoms with E-state index >= 15 is 0 Å². The number of allylic oxidation sites excluding steroid dienone is 8. The molecular weight excluding hydrogens is 787 g/mol. The van der Waals surface area contributed by atoms with Gasteiger partial charge >= 0.3 is 0 Å². The molecule has 3 heteroatoms. The normalized spacial score (nSPS) is 12.0. The molecule has 1 N–H and O–H groups in total. The maximum atomic E-state index is 4.12. The summed E-state index contributed by atoms with van der Waals surface area (Å²) in [6, 6.07) is 59.4. The van der Waals surface area contributed by atoms with E-state index in [-0.39, 0.29) is 0 Å². The van der Waals surface area contributed by atoms with Gasteiger partial charge in [0, 0.05) is 51.9 Å². The first-order valence-corrected chi connectivity index (χ1v) is 22.3. The molecule has 0 aliphatic heterocycles. The van der Waals surface area contributed by atoms with Gasteiger partial charge in [-0.15, -0.1) is 0 Å². The Morgan fingerprint density at radius 3 is 1.78 bits per heavy atom. The molecule has 7 rings (SSSR count). The van der Waals surface area contributed by atoms with E-state index in [1.54, 1.807) is 6.08 Å². The van der Waals surface area contributed by atoms with E-state index in [4.69, 9.17) is 0 Å². The molecular formula is C62H59N3. The minimum absolute atomic E-state index is 0.649. The zero-order valence-electron chi connectivity index (χ0n) is 38.4. The third-order valence-electron chi connectivity index (χ3n) is 11.3. The molecule has 65 heavy (non-hydrogen) atoms. The van der Waals surface area contributed by atoms with E-state index in [0.29, 0.717) is 6.54 Å². The Labute approximate surface area is 387 Å². The van der Waals surface area contributed by atoms with Gasteiger partial charge in [-0.25, -0.2) is 0 Å². The Morgan fingerprint density at radius 1 is 0.538 bits per heavy atom. The highest BCUT2D eigenvalue weighted by Crippen LogP contribution is 2.42. The van der Waals surface area contributed by atoms with E-state index < -0.39 is 0 Å². The summed E-state index contributed by atoms with van der Waals surface area (Å²) in [5.74, 6) is 0. The van der Waals surface area contributed by atoms with Gasteiger partial charge in [0.1, 0.15) is 0 Å². The molecule has 3 nitrogen and oxygen atoms in total. The van der Waals surface area contributed by atoms with Crippen LogP contribution in [0.4, 0.5) is 28.4 Å². The first-order chi connectivity index (χ1) is 31.8. The van der Waals surface area contributed by atoms with Gasteiger partial charge in [0.15, 0.2) is 0 Å². The van der Waals surface area contributed by atoms with Gasteiger partial charge in [-0.2, -0.15) is 0 Å². The van der Waals surface area contributed by atoms with Crippen molar-refractivity contribution in [2.45, 2.75) is 34.6 Å². The fourth-order valence-corrected chi connectivity index (χ4v) is 7.98. The zero-order chi connectivity index (χ0) is 45.5. The van der Waals surface area contributed by atoms with Crippen LogP contribution in [-0.2, 0) is 0 Å². The average Bonchev–Trinajstić information content (AvgIpc) is 3.32. The zero-order valence-corrected chi connectivity index (χ0v) is 38.4. The van der Waals surface area contributed by atoms with Crippen LogP contribution in [0.3, 0.4) is 0 Å². The monoisotopic (exact) mass is 845 g/mol. The Bertz CT molecular complexity index is 2840. The van der Waals surface area contributed by atoms with Gasteiger partial charge in [0.05, 0.1) is 0 Å². The standard InChI is InChI=1S/C62H59N3/c1-8-11-12-13-18-40-63-62(61-27-17-16-26-60(61)59-25-15-14-22-49(59)7)42-50-23-19-24-51(41-50)52-43-57(64(53(20-9-2)21-10-3)54-34-28-46(4)29-35-54)45-58(44-52)65(55-36-30-47(5)31-37-55)56-38-32-48(6)33-39-56/h8-39,41-45,63H,1-2,40H2,3-7H3/b12-11-,18-13-,21-10-,53-20+,62-42-. The predicted molar refractivity (Wildman–Crippen MR) is 283 cm³/mol. The van der Waals surface area contributed by atoms with Gasteiger partial charge in [-0.1, -0.05) is 176 Å². The lowest BCUT2D eigenvalue weighted by molar-refractivity contribution is 1.01. The van der Waals surface area contributed by atoms with Crippen molar-refractivity contribution in [3.63, 3.8) is 0 Å². The number of rotatable bonds is 17. The molecule has 0 aliphatic carbocycles. The maximum absolute atomic E-state index is 4.12. The Hall–Kier alpha value is -7.88. The highest BCUT2D eigenvalue weighted by Gasteiger charge is 2.20. The summed E-state index contributed by atoms with van der Waals surface area (Å²) >= 11 is 0. The molecule has 322 valence electrons. The fraction of sp³-hybridized carbons (Fsp3) is 0.0968. The molecule has 0 bridgehead atoms. The molecule has 0 saturated heterocycles. The number of nitrogens with zero attached hydrogens (tertiary/aromatic N) is 2. The highest BCUT2D eigenvalue weighted by molar-refractivity contribution is 5.91. The second-order valence-corrected chi connectivity index (χ2v) is 16.2. The van der Waals surface area contributed by atoms with Crippen LogP contribution in [0.25, 0.3) is 34.0 Å². The van der Waals surface area contributed by atoms with Crippen LogP contribution in [0.1, 0.15) is 40.3 Å². The summed E-state index contributed by atoms with van der Waals surface area (Å²) in [5.41, 5.74) is 18.9. The van der Waals surface area contributed by atoms with Crippen molar-refractivity contribution < 1.29 is 0 Å². The molecule has 0 heterocycles. The predicted octanol–water partition coefficient (Wildman–Crippen LogP) is 16.9. The van der Waals surface area contributed by atoms with Crippen molar-refractivity contribution >= 4 is 40.2 Å². The first kappa shape index (κ1) is 45.2. The van der Waals surface area contributed by atoms with E-state index in [0.717, 1.165) is 62.1 Å². The quantitative estimate of drug-likeness (QED) is 0.0728. The lowest BCUT2D eigenvalue weighted by Crippen LogP contribution is -2.17. The van der Waals surface area contributed by atoms with E-state index in [9.17, 15) is 0 Å². The van der Waals surface area contributed by atoms with Crippen molar-refractivity contribution in [1.29, 1.82) is 0 Å². The SMILES string of the molecule is C=C/C=C\C=C/CN/C(=C\c1cccc(-c2cc(N(C(/C=C\C)=C/C=C)c3ccc(C)cc3)cc(N(c3ccc(C)cc3)c3ccc(C)cc3)c2)c1)c1ccccc1-c1ccccc1C. The molecule has 7 aromatic carbocycles. The fourth-order valence-electron chi connectivity index (χ4n) is 7.98. The minimum Gasteiger partial charge on any atom is -0.381 e. The summed E-state index contributed by atoms with van der Waals surface area (Å²) in [6.45, 7) is 19.2. The number of aryl methyl sites for hydroxylation is 4. The summed E-state index contributed by atoms with van der Waals surface area (Å²) in [5, 5.41) is 3.78. The molecule has 0 saturated carbocycles. The van der Waals surface area contributed by atoms with Crippen molar-refractivity contribution in [3.8, 4) is 22.3 Å². The van der Waals surface area contributed by atoms with Crippen molar-refractivity contribution in [2.24, 2.45) is 0 Å². The van der Waals surface area contributed by atoms with Crippen molar-refractivity contribution in [1.82, 2.24) is 5.32 Å². The molecule has 7 aromatic rings. The van der Waals surface area contributed by atoms with Gasteiger partial charge in [-0.3, -0.25) is 0 Å². The lowest BCUT2D eigenvalue weighted by atomic mass is 9.93. The molecule has 0 fully saturated rings. The van der Waals surface area contributed by atoms with E-state index in [1.807, 2.05) is 24.3 Å². The van der Waals surface area contributed by atoms with Gasteiger partial charge in [0.25, 0.3) is 0 Å². The Balaban J connectivity index is 1.45. The number of nitrogens with one attached hydrogen (secondary N) is 1.